The Morgan fingerprint density at radius 2 is 1.86 bits per heavy atom. The molecule has 238 valence electrons. The van der Waals surface area contributed by atoms with Gasteiger partial charge < -0.3 is 30.9 Å². The monoisotopic (exact) mass is 634 g/mol. The number of nitrogens with zero attached hydrogens (tertiary/aromatic N) is 3. The van der Waals surface area contributed by atoms with E-state index in [1.807, 2.05) is 18.2 Å². The van der Waals surface area contributed by atoms with Crippen molar-refractivity contribution >= 4 is 47.5 Å². The van der Waals surface area contributed by atoms with Gasteiger partial charge in [0.05, 0.1) is 24.4 Å². The SMILES string of the molecule is C.COC(=O)C12CCC(CNC(=O)c3cc(C(=O)O)nc4c(F)cnn34)(CC1)CC2.Cl.NCc1ccc2c(c1)NC(=O)CO2. The van der Waals surface area contributed by atoms with Crippen LogP contribution in [-0.4, -0.2) is 63.7 Å². The van der Waals surface area contributed by atoms with E-state index in [4.69, 9.17) is 15.2 Å². The lowest BCUT2D eigenvalue weighted by molar-refractivity contribution is -0.162. The number of amides is 2. The second kappa shape index (κ2) is 13.6. The van der Waals surface area contributed by atoms with E-state index in [0.717, 1.165) is 60.9 Å². The third-order valence-electron chi connectivity index (χ3n) is 8.44. The molecule has 0 radical (unpaired) electrons. The molecule has 15 heteroatoms. The Kier molecular flexibility index (Phi) is 10.5. The molecule has 0 saturated heterocycles. The Bertz CT molecular complexity index is 1550. The van der Waals surface area contributed by atoms with E-state index in [1.165, 1.54) is 7.11 Å². The van der Waals surface area contributed by atoms with Gasteiger partial charge in [0, 0.05) is 19.2 Å². The van der Waals surface area contributed by atoms with Gasteiger partial charge >= 0.3 is 11.9 Å². The van der Waals surface area contributed by atoms with Crippen LogP contribution in [0.15, 0.2) is 30.5 Å². The van der Waals surface area contributed by atoms with Gasteiger partial charge in [0.2, 0.25) is 0 Å². The van der Waals surface area contributed by atoms with Crippen molar-refractivity contribution < 1.29 is 38.1 Å². The molecule has 2 bridgehead atoms. The zero-order valence-electron chi connectivity index (χ0n) is 23.4. The van der Waals surface area contributed by atoms with Crippen molar-refractivity contribution in [1.82, 2.24) is 19.9 Å². The second-order valence-corrected chi connectivity index (χ2v) is 10.9. The number of fused-ring (bicyclic) bond motifs is 5. The molecule has 0 unspecified atom stereocenters. The first-order valence-corrected chi connectivity index (χ1v) is 13.5. The molecule has 7 rings (SSSR count). The van der Waals surface area contributed by atoms with E-state index in [1.54, 1.807) is 0 Å². The standard InChI is InChI=1S/C19H21FN4O5.C9H10N2O2.CH4.ClH/c1-29-17(28)19-5-2-18(3-6-19,4-7-19)10-21-15(25)13-8-12(16(26)27)23-14-11(20)9-22-24(13)14;10-4-6-1-2-8-7(3-6)11-9(12)5-13-8;;/h8-9H,2-7,10H2,1H3,(H,21,25)(H,26,27);1-3H,4-5,10H2,(H,11,12);1H4;1H. The van der Waals surface area contributed by atoms with Gasteiger partial charge in [-0.2, -0.15) is 5.10 Å². The highest BCUT2D eigenvalue weighted by atomic mass is 35.5. The van der Waals surface area contributed by atoms with Gasteiger partial charge in [-0.05, 0) is 61.6 Å². The average molecular weight is 635 g/mol. The van der Waals surface area contributed by atoms with Gasteiger partial charge in [-0.3, -0.25) is 14.4 Å². The average Bonchev–Trinajstić information content (AvgIpc) is 3.40. The highest BCUT2D eigenvalue weighted by Gasteiger charge is 2.53. The van der Waals surface area contributed by atoms with E-state index in [9.17, 15) is 28.7 Å². The number of carbonyl (C=O) groups excluding carboxylic acids is 3. The molecule has 0 atom stereocenters. The smallest absolute Gasteiger partial charge is 0.354 e. The summed E-state index contributed by atoms with van der Waals surface area (Å²) in [5, 5.41) is 18.6. The van der Waals surface area contributed by atoms with Crippen LogP contribution in [0.3, 0.4) is 0 Å². The number of ether oxygens (including phenoxy) is 2. The molecule has 3 saturated carbocycles. The number of aromatic carboxylic acids is 1. The fourth-order valence-electron chi connectivity index (χ4n) is 5.87. The van der Waals surface area contributed by atoms with E-state index in [0.29, 0.717) is 24.5 Å². The molecule has 13 nitrogen and oxygen atoms in total. The number of nitrogens with one attached hydrogen (secondary N) is 2. The van der Waals surface area contributed by atoms with Crippen molar-refractivity contribution in [3.63, 3.8) is 0 Å². The summed E-state index contributed by atoms with van der Waals surface area (Å²) in [5.41, 5.74) is 5.80. The maximum atomic E-state index is 13.9. The molecule has 44 heavy (non-hydrogen) atoms. The molecule has 3 fully saturated rings. The van der Waals surface area contributed by atoms with Gasteiger partial charge in [0.15, 0.2) is 23.8 Å². The fraction of sp³-hybridized carbons (Fsp3) is 0.448. The van der Waals surface area contributed by atoms with E-state index in [-0.39, 0.29) is 55.1 Å². The van der Waals surface area contributed by atoms with Crippen molar-refractivity contribution in [2.75, 3.05) is 25.6 Å². The Labute approximate surface area is 259 Å². The van der Waals surface area contributed by atoms with Gasteiger partial charge in [-0.25, -0.2) is 18.7 Å². The lowest BCUT2D eigenvalue weighted by Crippen LogP contribution is -2.50. The molecule has 4 aliphatic rings. The minimum Gasteiger partial charge on any atom is -0.482 e. The largest absolute Gasteiger partial charge is 0.482 e. The molecule has 2 aromatic heterocycles. The molecule has 3 aromatic rings. The van der Waals surface area contributed by atoms with Gasteiger partial charge in [-0.15, -0.1) is 12.4 Å². The number of carboxylic acid groups (broad SMARTS) is 1. The van der Waals surface area contributed by atoms with E-state index < -0.39 is 28.8 Å². The number of hydrogen-bond donors (Lipinski definition) is 4. The number of carboxylic acids is 1. The summed E-state index contributed by atoms with van der Waals surface area (Å²) in [4.78, 5) is 50.9. The fourth-order valence-corrected chi connectivity index (χ4v) is 5.87. The predicted molar refractivity (Wildman–Crippen MR) is 159 cm³/mol. The van der Waals surface area contributed by atoms with Crippen molar-refractivity contribution in [2.45, 2.75) is 52.5 Å². The van der Waals surface area contributed by atoms with Gasteiger partial charge in [0.25, 0.3) is 11.8 Å². The van der Waals surface area contributed by atoms with E-state index in [2.05, 4.69) is 20.7 Å². The Morgan fingerprint density at radius 3 is 2.48 bits per heavy atom. The highest BCUT2D eigenvalue weighted by molar-refractivity contribution is 5.96. The number of anilines is 1. The number of halogens is 2. The number of esters is 1. The van der Waals surface area contributed by atoms with Crippen molar-refractivity contribution in [3.8, 4) is 5.75 Å². The zero-order valence-corrected chi connectivity index (χ0v) is 24.2. The molecule has 1 aliphatic heterocycles. The summed E-state index contributed by atoms with van der Waals surface area (Å²) < 4.78 is 25.0. The Hall–Kier alpha value is -4.30. The van der Waals surface area contributed by atoms with Crippen LogP contribution < -0.4 is 21.1 Å². The summed E-state index contributed by atoms with van der Waals surface area (Å²) in [6.07, 6.45) is 5.45. The number of methoxy groups -OCH3 is 1. The molecule has 3 aliphatic carbocycles. The summed E-state index contributed by atoms with van der Waals surface area (Å²) >= 11 is 0. The molecule has 1 aromatic carbocycles. The second-order valence-electron chi connectivity index (χ2n) is 10.9. The summed E-state index contributed by atoms with van der Waals surface area (Å²) in [5.74, 6) is -2.29. The quantitative estimate of drug-likeness (QED) is 0.293. The molecular formula is C29H36ClFN6O7. The predicted octanol–water partition coefficient (Wildman–Crippen LogP) is 3.34. The van der Waals surface area contributed by atoms with Crippen molar-refractivity contribution in [2.24, 2.45) is 16.6 Å². The van der Waals surface area contributed by atoms with E-state index >= 15 is 0 Å². The maximum Gasteiger partial charge on any atom is 0.354 e. The maximum absolute atomic E-state index is 13.9. The zero-order chi connectivity index (χ0) is 30.1. The molecule has 2 amide bonds. The van der Waals surface area contributed by atoms with Crippen LogP contribution in [0, 0.1) is 16.6 Å². The lowest BCUT2D eigenvalue weighted by Gasteiger charge is -2.51. The van der Waals surface area contributed by atoms with Crippen LogP contribution in [0.25, 0.3) is 5.65 Å². The number of nitrogens with two attached hydrogens (primary N) is 1. The third kappa shape index (κ3) is 6.60. The van der Waals surface area contributed by atoms with Gasteiger partial charge in [-0.1, -0.05) is 13.5 Å². The third-order valence-corrected chi connectivity index (χ3v) is 8.44. The minimum atomic E-state index is -1.36. The first-order chi connectivity index (χ1) is 20.1. The number of aromatic nitrogens is 3. The Morgan fingerprint density at radius 1 is 1.18 bits per heavy atom. The number of hydrogen-bond acceptors (Lipinski definition) is 9. The van der Waals surface area contributed by atoms with Crippen LogP contribution in [-0.2, 0) is 20.9 Å². The van der Waals surface area contributed by atoms with Crippen LogP contribution in [0.2, 0.25) is 0 Å². The number of carbonyl (C=O) groups is 4. The van der Waals surface area contributed by atoms with Crippen LogP contribution >= 0.6 is 12.4 Å². The number of rotatable bonds is 6. The van der Waals surface area contributed by atoms with Crippen LogP contribution in [0.1, 0.15) is 72.5 Å². The lowest BCUT2D eigenvalue weighted by atomic mass is 9.53. The Balaban J connectivity index is 0.000000297. The first kappa shape index (κ1) is 34.2. The topological polar surface area (TPSA) is 187 Å². The normalized spacial score (nSPS) is 21.2. The number of benzene rings is 1. The molecule has 5 N–H and O–H groups in total. The summed E-state index contributed by atoms with van der Waals surface area (Å²) in [6.45, 7) is 0.942. The summed E-state index contributed by atoms with van der Waals surface area (Å²) in [7, 11) is 1.41. The minimum absolute atomic E-state index is 0. The van der Waals surface area contributed by atoms with Gasteiger partial charge in [0.1, 0.15) is 11.4 Å². The molecule has 0 spiro atoms. The van der Waals surface area contributed by atoms with Crippen molar-refractivity contribution in [1.29, 1.82) is 0 Å². The molecular weight excluding hydrogens is 599 g/mol. The van der Waals surface area contributed by atoms with Crippen molar-refractivity contribution in [3.05, 3.63) is 53.2 Å². The molecule has 3 heterocycles. The first-order valence-electron chi connectivity index (χ1n) is 13.5. The highest BCUT2D eigenvalue weighted by Crippen LogP contribution is 2.57. The van der Waals surface area contributed by atoms with Crippen LogP contribution in [0.4, 0.5) is 10.1 Å². The van der Waals surface area contributed by atoms with Crippen LogP contribution in [0.5, 0.6) is 5.75 Å². The summed E-state index contributed by atoms with van der Waals surface area (Å²) in [6, 6.07) is 6.61.